The van der Waals surface area contributed by atoms with Crippen LogP contribution >= 0.6 is 0 Å². The Bertz CT molecular complexity index is 335. The lowest BCUT2D eigenvalue weighted by atomic mass is 9.83. The minimum atomic E-state index is -0.826. The van der Waals surface area contributed by atoms with Crippen LogP contribution in [-0.4, -0.2) is 46.9 Å². The van der Waals surface area contributed by atoms with E-state index in [0.717, 1.165) is 32.4 Å². The Labute approximate surface area is 124 Å². The van der Waals surface area contributed by atoms with E-state index in [-0.39, 0.29) is 6.10 Å². The van der Waals surface area contributed by atoms with Crippen molar-refractivity contribution >= 4 is 0 Å². The molecule has 0 aliphatic heterocycles. The zero-order valence-corrected chi connectivity index (χ0v) is 13.8. The molecule has 0 aromatic carbocycles. The molecule has 1 aliphatic rings. The molecule has 0 bridgehead atoms. The summed E-state index contributed by atoms with van der Waals surface area (Å²) in [4.78, 5) is 2.43. The highest BCUT2D eigenvalue weighted by Crippen LogP contribution is 2.29. The first-order valence-corrected chi connectivity index (χ1v) is 7.91. The third-order valence-electron chi connectivity index (χ3n) is 4.07. The van der Waals surface area contributed by atoms with Gasteiger partial charge in [-0.25, -0.2) is 0 Å². The van der Waals surface area contributed by atoms with Crippen LogP contribution in [0.2, 0.25) is 0 Å². The van der Waals surface area contributed by atoms with Gasteiger partial charge >= 0.3 is 0 Å². The molecule has 0 heterocycles. The van der Waals surface area contributed by atoms with Gasteiger partial charge in [-0.2, -0.15) is 0 Å². The van der Waals surface area contributed by atoms with Crippen molar-refractivity contribution in [3.63, 3.8) is 0 Å². The van der Waals surface area contributed by atoms with E-state index in [1.165, 1.54) is 0 Å². The monoisotopic (exact) mass is 281 g/mol. The van der Waals surface area contributed by atoms with E-state index in [1.54, 1.807) is 6.92 Å². The van der Waals surface area contributed by atoms with Gasteiger partial charge in [0.25, 0.3) is 0 Å². The third-order valence-corrected chi connectivity index (χ3v) is 4.07. The van der Waals surface area contributed by atoms with E-state index in [0.29, 0.717) is 18.5 Å². The zero-order valence-electron chi connectivity index (χ0n) is 13.8. The molecule has 3 heteroatoms. The number of aliphatic hydroxyl groups is 1. The fourth-order valence-electron chi connectivity index (χ4n) is 3.13. The molecule has 2 atom stereocenters. The molecule has 2 unspecified atom stereocenters. The highest BCUT2D eigenvalue weighted by molar-refractivity contribution is 5.14. The van der Waals surface area contributed by atoms with Crippen molar-refractivity contribution in [2.45, 2.75) is 84.1 Å². The highest BCUT2D eigenvalue weighted by atomic mass is 16.5. The molecule has 0 radical (unpaired) electrons. The van der Waals surface area contributed by atoms with Crippen molar-refractivity contribution < 1.29 is 9.84 Å². The minimum absolute atomic E-state index is 0.149. The molecule has 0 spiro atoms. The fourth-order valence-corrected chi connectivity index (χ4v) is 3.13. The summed E-state index contributed by atoms with van der Waals surface area (Å²) in [5.41, 5.74) is -0.826. The quantitative estimate of drug-likeness (QED) is 0.760. The number of hydrogen-bond donors (Lipinski definition) is 1. The van der Waals surface area contributed by atoms with Crippen molar-refractivity contribution in [3.05, 3.63) is 0 Å². The topological polar surface area (TPSA) is 32.7 Å². The van der Waals surface area contributed by atoms with Gasteiger partial charge in [-0.15, -0.1) is 5.92 Å². The van der Waals surface area contributed by atoms with Crippen molar-refractivity contribution in [3.8, 4) is 11.8 Å². The number of rotatable bonds is 6. The molecule has 0 saturated heterocycles. The van der Waals surface area contributed by atoms with Crippen molar-refractivity contribution in [2.75, 3.05) is 13.2 Å². The maximum absolute atomic E-state index is 10.4. The van der Waals surface area contributed by atoms with Crippen LogP contribution in [0.15, 0.2) is 0 Å². The van der Waals surface area contributed by atoms with Crippen LogP contribution in [0.4, 0.5) is 0 Å². The smallest absolute Gasteiger partial charge is 0.127 e. The predicted octanol–water partition coefficient (Wildman–Crippen LogP) is 2.82. The fraction of sp³-hybridized carbons (Fsp3) is 0.882. The van der Waals surface area contributed by atoms with Crippen LogP contribution in [0.3, 0.4) is 0 Å². The van der Waals surface area contributed by atoms with Crippen LogP contribution in [-0.2, 0) is 4.74 Å². The molecule has 1 fully saturated rings. The van der Waals surface area contributed by atoms with Gasteiger partial charge in [0.05, 0.1) is 12.7 Å². The molecular formula is C17H31NO2. The van der Waals surface area contributed by atoms with Crippen LogP contribution in [0, 0.1) is 11.8 Å². The molecule has 3 nitrogen and oxygen atoms in total. The van der Waals surface area contributed by atoms with E-state index >= 15 is 0 Å². The largest absolute Gasteiger partial charge is 0.378 e. The van der Waals surface area contributed by atoms with Gasteiger partial charge in [-0.05, 0) is 53.9 Å². The maximum atomic E-state index is 10.4. The number of ether oxygens (including phenoxy) is 1. The second-order valence-corrected chi connectivity index (χ2v) is 6.42. The van der Waals surface area contributed by atoms with Gasteiger partial charge in [-0.3, -0.25) is 4.90 Å². The SMILES string of the molecule is CC#CC1(O)CCCC(OCCN(C(C)C)C(C)C)C1. The average molecular weight is 281 g/mol. The van der Waals surface area contributed by atoms with Gasteiger partial charge in [-0.1, -0.05) is 5.92 Å². The third kappa shape index (κ3) is 5.44. The molecule has 0 aromatic rings. The normalized spacial score (nSPS) is 26.9. The van der Waals surface area contributed by atoms with E-state index < -0.39 is 5.60 Å². The second-order valence-electron chi connectivity index (χ2n) is 6.42. The predicted molar refractivity (Wildman–Crippen MR) is 83.6 cm³/mol. The van der Waals surface area contributed by atoms with Crippen LogP contribution in [0.25, 0.3) is 0 Å². The first-order chi connectivity index (χ1) is 9.38. The first kappa shape index (κ1) is 17.5. The Morgan fingerprint density at radius 3 is 2.50 bits per heavy atom. The Balaban J connectivity index is 2.39. The van der Waals surface area contributed by atoms with Gasteiger partial charge < -0.3 is 9.84 Å². The van der Waals surface area contributed by atoms with Crippen LogP contribution < -0.4 is 0 Å². The molecule has 1 aliphatic carbocycles. The summed E-state index contributed by atoms with van der Waals surface area (Å²) in [5.74, 6) is 5.78. The molecule has 20 heavy (non-hydrogen) atoms. The Morgan fingerprint density at radius 2 is 1.95 bits per heavy atom. The molecule has 1 rings (SSSR count). The summed E-state index contributed by atoms with van der Waals surface area (Å²) < 4.78 is 5.99. The van der Waals surface area contributed by atoms with Gasteiger partial charge in [0, 0.05) is 25.0 Å². The Hall–Kier alpha value is -0.560. The molecule has 116 valence electrons. The van der Waals surface area contributed by atoms with E-state index in [9.17, 15) is 5.11 Å². The van der Waals surface area contributed by atoms with E-state index in [4.69, 9.17) is 4.74 Å². The lowest BCUT2D eigenvalue weighted by molar-refractivity contribution is -0.0497. The van der Waals surface area contributed by atoms with Gasteiger partial charge in [0.2, 0.25) is 0 Å². The zero-order chi connectivity index (χ0) is 15.2. The summed E-state index contributed by atoms with van der Waals surface area (Å²) in [7, 11) is 0. The molecule has 1 saturated carbocycles. The Morgan fingerprint density at radius 1 is 1.30 bits per heavy atom. The summed E-state index contributed by atoms with van der Waals surface area (Å²) in [6, 6.07) is 1.07. The Kier molecular flexibility index (Phi) is 7.02. The number of nitrogens with zero attached hydrogens (tertiary/aromatic N) is 1. The van der Waals surface area contributed by atoms with Crippen LogP contribution in [0.1, 0.15) is 60.3 Å². The summed E-state index contributed by atoms with van der Waals surface area (Å²) >= 11 is 0. The van der Waals surface area contributed by atoms with Crippen molar-refractivity contribution in [1.82, 2.24) is 4.90 Å². The van der Waals surface area contributed by atoms with Gasteiger partial charge in [0.15, 0.2) is 0 Å². The van der Waals surface area contributed by atoms with Crippen LogP contribution in [0.5, 0.6) is 0 Å². The maximum Gasteiger partial charge on any atom is 0.127 e. The first-order valence-electron chi connectivity index (χ1n) is 7.91. The van der Waals surface area contributed by atoms with E-state index in [2.05, 4.69) is 44.4 Å². The molecular weight excluding hydrogens is 250 g/mol. The summed E-state index contributed by atoms with van der Waals surface area (Å²) in [6.07, 6.45) is 3.61. The van der Waals surface area contributed by atoms with Crippen molar-refractivity contribution in [2.24, 2.45) is 0 Å². The summed E-state index contributed by atoms with van der Waals surface area (Å²) in [6.45, 7) is 12.3. The number of hydrogen-bond acceptors (Lipinski definition) is 3. The summed E-state index contributed by atoms with van der Waals surface area (Å²) in [5, 5.41) is 10.4. The van der Waals surface area contributed by atoms with Gasteiger partial charge in [0.1, 0.15) is 5.60 Å². The van der Waals surface area contributed by atoms with E-state index in [1.807, 2.05) is 0 Å². The highest BCUT2D eigenvalue weighted by Gasteiger charge is 2.33. The average Bonchev–Trinajstić information content (AvgIpc) is 2.33. The molecule has 0 aromatic heterocycles. The lowest BCUT2D eigenvalue weighted by Gasteiger charge is -2.34. The molecule has 1 N–H and O–H groups in total. The lowest BCUT2D eigenvalue weighted by Crippen LogP contribution is -2.41. The molecule has 0 amide bonds. The standard InChI is InChI=1S/C17H31NO2/c1-6-9-17(19)10-7-8-16(13-17)20-12-11-18(14(2)3)15(4)5/h14-16,19H,7-8,10-13H2,1-5H3. The minimum Gasteiger partial charge on any atom is -0.378 e. The van der Waals surface area contributed by atoms with Crippen molar-refractivity contribution in [1.29, 1.82) is 0 Å². The second kappa shape index (κ2) is 8.02.